The molecule has 1 unspecified atom stereocenters. The van der Waals surface area contributed by atoms with Gasteiger partial charge in [0.05, 0.1) is 6.20 Å². The number of nitrogens with zero attached hydrogens (tertiary/aromatic N) is 2. The Bertz CT molecular complexity index is 530. The number of hydrogen-bond donors (Lipinski definition) is 1. The van der Waals surface area contributed by atoms with Gasteiger partial charge in [0.1, 0.15) is 0 Å². The first-order valence-electron chi connectivity index (χ1n) is 6.61. The fourth-order valence-electron chi connectivity index (χ4n) is 2.76. The smallest absolute Gasteiger partial charge is 0.0521 e. The van der Waals surface area contributed by atoms with Gasteiger partial charge >= 0.3 is 0 Å². The Morgan fingerprint density at radius 1 is 1.39 bits per heavy atom. The van der Waals surface area contributed by atoms with Crippen molar-refractivity contribution in [1.82, 2.24) is 15.1 Å². The zero-order valence-corrected chi connectivity index (χ0v) is 10.8. The predicted octanol–water partition coefficient (Wildman–Crippen LogP) is 2.24. The molecule has 18 heavy (non-hydrogen) atoms. The fourth-order valence-corrected chi connectivity index (χ4v) is 2.76. The van der Waals surface area contributed by atoms with Gasteiger partial charge in [-0.05, 0) is 42.5 Å². The molecule has 2 heterocycles. The molecule has 0 radical (unpaired) electrons. The topological polar surface area (TPSA) is 29.9 Å². The van der Waals surface area contributed by atoms with Gasteiger partial charge < -0.3 is 5.32 Å². The van der Waals surface area contributed by atoms with Gasteiger partial charge in [-0.1, -0.05) is 24.3 Å². The van der Waals surface area contributed by atoms with E-state index in [1.165, 1.54) is 16.7 Å². The molecule has 2 aromatic rings. The summed E-state index contributed by atoms with van der Waals surface area (Å²) in [7, 11) is 1.97. The highest BCUT2D eigenvalue weighted by atomic mass is 15.2. The number of hydrogen-bond acceptors (Lipinski definition) is 2. The number of rotatable bonds is 3. The van der Waals surface area contributed by atoms with Crippen molar-refractivity contribution in [2.45, 2.75) is 25.3 Å². The van der Waals surface area contributed by atoms with Crippen LogP contribution in [-0.2, 0) is 19.9 Å². The molecule has 1 aromatic heterocycles. The minimum absolute atomic E-state index is 0.496. The molecule has 0 saturated carbocycles. The Balaban J connectivity index is 1.71. The van der Waals surface area contributed by atoms with Crippen LogP contribution in [-0.4, -0.2) is 16.3 Å². The molecule has 1 aliphatic rings. The van der Waals surface area contributed by atoms with Gasteiger partial charge in [0.15, 0.2) is 0 Å². The van der Waals surface area contributed by atoms with Gasteiger partial charge in [-0.15, -0.1) is 0 Å². The maximum Gasteiger partial charge on any atom is 0.0521 e. The van der Waals surface area contributed by atoms with Crippen molar-refractivity contribution in [3.8, 4) is 0 Å². The van der Waals surface area contributed by atoms with E-state index in [2.05, 4.69) is 40.9 Å². The number of aryl methyl sites for hydroxylation is 2. The van der Waals surface area contributed by atoms with Gasteiger partial charge in [0.2, 0.25) is 0 Å². The Morgan fingerprint density at radius 3 is 3.11 bits per heavy atom. The van der Waals surface area contributed by atoms with Crippen LogP contribution in [0.1, 0.15) is 29.2 Å². The summed E-state index contributed by atoms with van der Waals surface area (Å²) in [6, 6.07) is 9.30. The Kier molecular flexibility index (Phi) is 3.15. The lowest BCUT2D eigenvalue weighted by molar-refractivity contribution is 0.475. The van der Waals surface area contributed by atoms with Crippen molar-refractivity contribution in [3.63, 3.8) is 0 Å². The van der Waals surface area contributed by atoms with E-state index in [0.29, 0.717) is 6.04 Å². The van der Waals surface area contributed by atoms with Crippen LogP contribution in [0.2, 0.25) is 0 Å². The molecule has 0 spiro atoms. The molecule has 94 valence electrons. The third-order valence-electron chi connectivity index (χ3n) is 3.70. The average Bonchev–Trinajstić information content (AvgIpc) is 2.82. The number of nitrogens with one attached hydrogen (secondary N) is 1. The Hall–Kier alpha value is -1.61. The van der Waals surface area contributed by atoms with E-state index >= 15 is 0 Å². The molecular weight excluding hydrogens is 222 g/mol. The highest BCUT2D eigenvalue weighted by molar-refractivity contribution is 5.32. The van der Waals surface area contributed by atoms with Crippen molar-refractivity contribution in [2.24, 2.45) is 7.05 Å². The molecule has 3 heteroatoms. The molecule has 1 atom stereocenters. The molecule has 3 rings (SSSR count). The van der Waals surface area contributed by atoms with E-state index in [-0.39, 0.29) is 0 Å². The molecule has 1 aliphatic heterocycles. The summed E-state index contributed by atoms with van der Waals surface area (Å²) in [5.74, 6) is 0. The molecule has 1 N–H and O–H groups in total. The van der Waals surface area contributed by atoms with Gasteiger partial charge in [0.25, 0.3) is 0 Å². The summed E-state index contributed by atoms with van der Waals surface area (Å²) in [5, 5.41) is 7.85. The SMILES string of the molecule is Cn1cc(CCC2NCCc3ccccc32)cn1. The summed E-state index contributed by atoms with van der Waals surface area (Å²) in [6.45, 7) is 1.09. The van der Waals surface area contributed by atoms with Crippen LogP contribution in [0.3, 0.4) is 0 Å². The van der Waals surface area contributed by atoms with Crippen LogP contribution in [0.15, 0.2) is 36.7 Å². The third kappa shape index (κ3) is 2.31. The fraction of sp³-hybridized carbons (Fsp3) is 0.400. The second-order valence-electron chi connectivity index (χ2n) is 5.02. The summed E-state index contributed by atoms with van der Waals surface area (Å²) in [5.41, 5.74) is 4.31. The molecule has 0 fully saturated rings. The van der Waals surface area contributed by atoms with Crippen LogP contribution < -0.4 is 5.32 Å². The average molecular weight is 241 g/mol. The number of fused-ring (bicyclic) bond motifs is 1. The van der Waals surface area contributed by atoms with E-state index in [9.17, 15) is 0 Å². The van der Waals surface area contributed by atoms with Crippen molar-refractivity contribution in [2.75, 3.05) is 6.54 Å². The standard InChI is InChI=1S/C15H19N3/c1-18-11-12(10-17-18)6-7-15-14-5-3-2-4-13(14)8-9-16-15/h2-5,10-11,15-16H,6-9H2,1H3. The van der Waals surface area contributed by atoms with Crippen LogP contribution in [0.4, 0.5) is 0 Å². The minimum atomic E-state index is 0.496. The molecule has 0 aliphatic carbocycles. The first-order valence-corrected chi connectivity index (χ1v) is 6.61. The van der Waals surface area contributed by atoms with E-state index in [4.69, 9.17) is 0 Å². The summed E-state index contributed by atoms with van der Waals surface area (Å²) in [6.07, 6.45) is 7.45. The lowest BCUT2D eigenvalue weighted by Gasteiger charge is -2.26. The van der Waals surface area contributed by atoms with Gasteiger partial charge in [-0.2, -0.15) is 5.10 Å². The van der Waals surface area contributed by atoms with Crippen molar-refractivity contribution >= 4 is 0 Å². The van der Waals surface area contributed by atoms with E-state index in [1.807, 2.05) is 17.9 Å². The lowest BCUT2D eigenvalue weighted by atomic mass is 9.91. The van der Waals surface area contributed by atoms with Crippen LogP contribution >= 0.6 is 0 Å². The predicted molar refractivity (Wildman–Crippen MR) is 72.4 cm³/mol. The van der Waals surface area contributed by atoms with Gasteiger partial charge in [0, 0.05) is 19.3 Å². The van der Waals surface area contributed by atoms with Crippen LogP contribution in [0.25, 0.3) is 0 Å². The summed E-state index contributed by atoms with van der Waals surface area (Å²) in [4.78, 5) is 0. The first kappa shape index (κ1) is 11.5. The zero-order chi connectivity index (χ0) is 12.4. The minimum Gasteiger partial charge on any atom is -0.310 e. The van der Waals surface area contributed by atoms with Crippen LogP contribution in [0.5, 0.6) is 0 Å². The van der Waals surface area contributed by atoms with Gasteiger partial charge in [-0.25, -0.2) is 0 Å². The molecule has 3 nitrogen and oxygen atoms in total. The van der Waals surface area contributed by atoms with E-state index < -0.39 is 0 Å². The normalized spacial score (nSPS) is 18.6. The third-order valence-corrected chi connectivity index (χ3v) is 3.70. The van der Waals surface area contributed by atoms with Gasteiger partial charge in [-0.3, -0.25) is 4.68 Å². The Labute approximate surface area is 108 Å². The highest BCUT2D eigenvalue weighted by Gasteiger charge is 2.18. The maximum absolute atomic E-state index is 4.22. The molecule has 0 amide bonds. The zero-order valence-electron chi connectivity index (χ0n) is 10.8. The second-order valence-corrected chi connectivity index (χ2v) is 5.02. The Morgan fingerprint density at radius 2 is 2.28 bits per heavy atom. The van der Waals surface area contributed by atoms with Crippen molar-refractivity contribution in [3.05, 3.63) is 53.3 Å². The quantitative estimate of drug-likeness (QED) is 0.893. The van der Waals surface area contributed by atoms with Crippen molar-refractivity contribution in [1.29, 1.82) is 0 Å². The highest BCUT2D eigenvalue weighted by Crippen LogP contribution is 2.26. The first-order chi connectivity index (χ1) is 8.83. The summed E-state index contributed by atoms with van der Waals surface area (Å²) >= 11 is 0. The lowest BCUT2D eigenvalue weighted by Crippen LogP contribution is -2.30. The second kappa shape index (κ2) is 4.94. The molecular formula is C15H19N3. The van der Waals surface area contributed by atoms with E-state index in [1.54, 1.807) is 0 Å². The number of benzene rings is 1. The largest absolute Gasteiger partial charge is 0.310 e. The monoisotopic (exact) mass is 241 g/mol. The van der Waals surface area contributed by atoms with Crippen molar-refractivity contribution < 1.29 is 0 Å². The molecule has 0 saturated heterocycles. The van der Waals surface area contributed by atoms with Crippen LogP contribution in [0, 0.1) is 0 Å². The van der Waals surface area contributed by atoms with E-state index in [0.717, 1.165) is 25.8 Å². The maximum atomic E-state index is 4.22. The number of aromatic nitrogens is 2. The summed E-state index contributed by atoms with van der Waals surface area (Å²) < 4.78 is 1.87. The molecule has 1 aromatic carbocycles. The molecule has 0 bridgehead atoms.